The second-order valence-corrected chi connectivity index (χ2v) is 10.4. The average molecular weight is 433 g/mol. The highest BCUT2D eigenvalue weighted by Gasteiger charge is 2.67. The number of hydrogen-bond acceptors (Lipinski definition) is 4. The van der Waals surface area contributed by atoms with E-state index in [9.17, 15) is 4.79 Å². The van der Waals surface area contributed by atoms with E-state index < -0.39 is 5.54 Å². The summed E-state index contributed by atoms with van der Waals surface area (Å²) in [5.74, 6) is 2.02. The van der Waals surface area contributed by atoms with Gasteiger partial charge >= 0.3 is 0 Å². The van der Waals surface area contributed by atoms with Crippen molar-refractivity contribution in [2.75, 3.05) is 19.6 Å². The lowest BCUT2D eigenvalue weighted by Gasteiger charge is -2.51. The van der Waals surface area contributed by atoms with Crippen LogP contribution in [0.5, 0.6) is 0 Å². The molecule has 2 fully saturated rings. The maximum Gasteiger partial charge on any atom is 0.250 e. The summed E-state index contributed by atoms with van der Waals surface area (Å²) in [5.41, 5.74) is 6.36. The van der Waals surface area contributed by atoms with Gasteiger partial charge in [0.1, 0.15) is 0 Å². The second-order valence-electron chi connectivity index (χ2n) is 10.4. The van der Waals surface area contributed by atoms with Gasteiger partial charge in [-0.25, -0.2) is 0 Å². The number of carbonyl (C=O) groups excluding carboxylic acids is 1. The Balaban J connectivity index is 1.43. The van der Waals surface area contributed by atoms with Crippen molar-refractivity contribution in [3.8, 4) is 0 Å². The van der Waals surface area contributed by atoms with Crippen LogP contribution < -0.4 is 11.1 Å². The van der Waals surface area contributed by atoms with Crippen LogP contribution in [-0.2, 0) is 11.3 Å². The number of nitrogens with two attached hydrogens (primary N) is 1. The maximum atomic E-state index is 13.9. The molecule has 5 heteroatoms. The maximum absolute atomic E-state index is 13.9. The van der Waals surface area contributed by atoms with Gasteiger partial charge in [0.05, 0.1) is 0 Å². The highest BCUT2D eigenvalue weighted by Crippen LogP contribution is 2.55. The SMILES string of the molecule is CC(C)C[C@@H]1[C@@H]2C=N[C@@]3(C(=O)NCc4cccc5ccccc45)[C@@H](C2)CN(CCCN)[C@@H]13. The molecule has 3 aliphatic heterocycles. The van der Waals surface area contributed by atoms with E-state index in [4.69, 9.17) is 10.7 Å². The lowest BCUT2D eigenvalue weighted by atomic mass is 9.59. The monoisotopic (exact) mass is 432 g/mol. The minimum absolute atomic E-state index is 0.110. The van der Waals surface area contributed by atoms with E-state index in [0.29, 0.717) is 36.8 Å². The molecule has 3 N–H and O–H groups in total. The first-order chi connectivity index (χ1) is 15.5. The topological polar surface area (TPSA) is 70.7 Å². The summed E-state index contributed by atoms with van der Waals surface area (Å²) < 4.78 is 0. The van der Waals surface area contributed by atoms with Crippen molar-refractivity contribution in [1.82, 2.24) is 10.2 Å². The van der Waals surface area contributed by atoms with Crippen molar-refractivity contribution in [1.29, 1.82) is 0 Å². The fourth-order valence-corrected chi connectivity index (χ4v) is 6.73. The van der Waals surface area contributed by atoms with Crippen LogP contribution in [0.25, 0.3) is 10.8 Å². The van der Waals surface area contributed by atoms with E-state index in [1.54, 1.807) is 0 Å². The van der Waals surface area contributed by atoms with Gasteiger partial charge < -0.3 is 11.1 Å². The number of benzene rings is 2. The number of fused-ring (bicyclic) bond motifs is 1. The molecule has 0 aromatic heterocycles. The van der Waals surface area contributed by atoms with Crippen molar-refractivity contribution in [3.05, 3.63) is 48.0 Å². The molecule has 1 aliphatic carbocycles. The Morgan fingerprint density at radius 2 is 2.06 bits per heavy atom. The molecule has 4 aliphatic rings. The molecule has 2 aromatic rings. The Hall–Kier alpha value is -2.24. The zero-order valence-electron chi connectivity index (χ0n) is 19.3. The summed E-state index contributed by atoms with van der Waals surface area (Å²) in [7, 11) is 0. The van der Waals surface area contributed by atoms with Gasteiger partial charge in [0, 0.05) is 31.3 Å². The summed E-state index contributed by atoms with van der Waals surface area (Å²) in [4.78, 5) is 21.5. The third-order valence-electron chi connectivity index (χ3n) is 7.99. The third kappa shape index (κ3) is 3.46. The van der Waals surface area contributed by atoms with Gasteiger partial charge in [-0.2, -0.15) is 0 Å². The zero-order chi connectivity index (χ0) is 22.3. The molecule has 1 saturated carbocycles. The van der Waals surface area contributed by atoms with Crippen LogP contribution >= 0.6 is 0 Å². The quantitative estimate of drug-likeness (QED) is 0.669. The largest absolute Gasteiger partial charge is 0.350 e. The van der Waals surface area contributed by atoms with Crippen molar-refractivity contribution < 1.29 is 4.79 Å². The number of nitrogens with one attached hydrogen (secondary N) is 1. The van der Waals surface area contributed by atoms with E-state index in [-0.39, 0.29) is 11.9 Å². The van der Waals surface area contributed by atoms with Gasteiger partial charge in [-0.3, -0.25) is 14.7 Å². The molecular formula is C27H36N4O. The van der Waals surface area contributed by atoms with Crippen LogP contribution in [0.4, 0.5) is 0 Å². The van der Waals surface area contributed by atoms with Gasteiger partial charge in [0.15, 0.2) is 5.54 Å². The standard InChI is InChI=1S/C27H36N4O/c1-18(2)13-24-21-14-22-17-31(12-6-11-28)25(24)27(22,30-16-21)26(32)29-15-20-9-5-8-19-7-3-4-10-23(19)20/h3-5,7-10,16,18,21-22,24-25H,6,11-15,17,28H2,1-2H3,(H,29,32)/t21-,22-,24+,25-,27-/m0/s1. The van der Waals surface area contributed by atoms with Crippen LogP contribution in [0.2, 0.25) is 0 Å². The first kappa shape index (κ1) is 21.6. The Morgan fingerprint density at radius 1 is 1.25 bits per heavy atom. The fraction of sp³-hybridized carbons (Fsp3) is 0.556. The molecule has 170 valence electrons. The smallest absolute Gasteiger partial charge is 0.250 e. The normalized spacial score (nSPS) is 31.0. The molecular weight excluding hydrogens is 396 g/mol. The summed E-state index contributed by atoms with van der Waals surface area (Å²) in [6.45, 7) is 7.75. The Bertz CT molecular complexity index is 1010. The molecule has 2 aromatic carbocycles. The van der Waals surface area contributed by atoms with Crippen LogP contribution in [-0.4, -0.2) is 48.2 Å². The molecule has 1 saturated heterocycles. The summed E-state index contributed by atoms with van der Waals surface area (Å²) in [6.07, 6.45) is 5.33. The van der Waals surface area contributed by atoms with Crippen molar-refractivity contribution in [2.45, 2.75) is 51.2 Å². The second kappa shape index (κ2) is 8.60. The number of amides is 1. The average Bonchev–Trinajstić information content (AvgIpc) is 3.07. The first-order valence-electron chi connectivity index (χ1n) is 12.3. The van der Waals surface area contributed by atoms with E-state index >= 15 is 0 Å². The molecule has 5 atom stereocenters. The highest BCUT2D eigenvalue weighted by molar-refractivity contribution is 5.93. The number of likely N-dealkylation sites (tertiary alicyclic amines) is 1. The van der Waals surface area contributed by atoms with Gasteiger partial charge in [-0.05, 0) is 66.4 Å². The molecule has 3 heterocycles. The number of hydrogen-bond donors (Lipinski definition) is 2. The van der Waals surface area contributed by atoms with Crippen LogP contribution in [0.1, 0.15) is 38.7 Å². The third-order valence-corrected chi connectivity index (χ3v) is 7.99. The van der Waals surface area contributed by atoms with Crippen LogP contribution in [0, 0.1) is 23.7 Å². The van der Waals surface area contributed by atoms with Crippen molar-refractivity contribution in [2.24, 2.45) is 34.4 Å². The molecule has 0 unspecified atom stereocenters. The van der Waals surface area contributed by atoms with E-state index in [0.717, 1.165) is 37.9 Å². The molecule has 6 rings (SSSR count). The summed E-state index contributed by atoms with van der Waals surface area (Å²) in [5, 5.41) is 5.73. The first-order valence-corrected chi connectivity index (χ1v) is 12.3. The molecule has 32 heavy (non-hydrogen) atoms. The van der Waals surface area contributed by atoms with Crippen LogP contribution in [0.15, 0.2) is 47.5 Å². The lowest BCUT2D eigenvalue weighted by molar-refractivity contribution is -0.132. The Kier molecular flexibility index (Phi) is 5.81. The van der Waals surface area contributed by atoms with E-state index in [2.05, 4.69) is 72.7 Å². The number of nitrogens with zero attached hydrogens (tertiary/aromatic N) is 2. The molecule has 1 amide bonds. The number of rotatable bonds is 8. The van der Waals surface area contributed by atoms with Crippen molar-refractivity contribution in [3.63, 3.8) is 0 Å². The fourth-order valence-electron chi connectivity index (χ4n) is 6.73. The predicted octanol–water partition coefficient (Wildman–Crippen LogP) is 3.61. The van der Waals surface area contributed by atoms with Crippen molar-refractivity contribution >= 4 is 22.9 Å². The number of aliphatic imine (C=N–C) groups is 1. The van der Waals surface area contributed by atoms with E-state index in [1.807, 2.05) is 0 Å². The summed E-state index contributed by atoms with van der Waals surface area (Å²) in [6, 6.07) is 14.9. The summed E-state index contributed by atoms with van der Waals surface area (Å²) >= 11 is 0. The number of carbonyl (C=O) groups is 1. The molecule has 0 spiro atoms. The zero-order valence-corrected chi connectivity index (χ0v) is 19.3. The molecule has 5 nitrogen and oxygen atoms in total. The van der Waals surface area contributed by atoms with Gasteiger partial charge in [0.2, 0.25) is 5.91 Å². The minimum Gasteiger partial charge on any atom is -0.350 e. The Morgan fingerprint density at radius 3 is 2.88 bits per heavy atom. The lowest BCUT2D eigenvalue weighted by Crippen LogP contribution is -2.65. The highest BCUT2D eigenvalue weighted by atomic mass is 16.2. The van der Waals surface area contributed by atoms with E-state index in [1.165, 1.54) is 10.8 Å². The minimum atomic E-state index is -0.645. The van der Waals surface area contributed by atoms with Gasteiger partial charge in [-0.15, -0.1) is 0 Å². The molecule has 0 radical (unpaired) electrons. The Labute approximate surface area is 191 Å². The van der Waals surface area contributed by atoms with Gasteiger partial charge in [0.25, 0.3) is 0 Å². The molecule has 4 bridgehead atoms. The van der Waals surface area contributed by atoms with Gasteiger partial charge in [-0.1, -0.05) is 56.3 Å². The predicted molar refractivity (Wildman–Crippen MR) is 131 cm³/mol. The van der Waals surface area contributed by atoms with Crippen LogP contribution in [0.3, 0.4) is 0 Å².